The Kier molecular flexibility index (Phi) is 3.12. The number of benzene rings is 1. The van der Waals surface area contributed by atoms with Crippen LogP contribution in [-0.2, 0) is 0 Å². The van der Waals surface area contributed by atoms with Crippen molar-refractivity contribution in [1.82, 2.24) is 9.97 Å². The molecule has 3 nitrogen and oxygen atoms in total. The van der Waals surface area contributed by atoms with E-state index in [0.29, 0.717) is 21.8 Å². The van der Waals surface area contributed by atoms with Crippen LogP contribution in [-0.4, -0.2) is 15.8 Å². The lowest BCUT2D eigenvalue weighted by molar-refractivity contribution is 0.104. The Morgan fingerprint density at radius 2 is 2.11 bits per heavy atom. The summed E-state index contributed by atoms with van der Waals surface area (Å²) in [4.78, 5) is 19.7. The molecule has 5 heteroatoms. The van der Waals surface area contributed by atoms with Crippen LogP contribution in [0, 0.1) is 0 Å². The highest BCUT2D eigenvalue weighted by molar-refractivity contribution is 9.10. The monoisotopic (exact) mass is 334 g/mol. The molecule has 1 aromatic carbocycles. The highest BCUT2D eigenvalue weighted by atomic mass is 79.9. The summed E-state index contributed by atoms with van der Waals surface area (Å²) in [5.41, 5.74) is 1.74. The molecule has 3 rings (SSSR count). The summed E-state index contributed by atoms with van der Waals surface area (Å²) < 4.78 is 0.818. The molecule has 1 N–H and O–H groups in total. The van der Waals surface area contributed by atoms with E-state index in [4.69, 9.17) is 11.6 Å². The fourth-order valence-electron chi connectivity index (χ4n) is 1.96. The van der Waals surface area contributed by atoms with Crippen molar-refractivity contribution in [2.75, 3.05) is 0 Å². The molecule has 0 aliphatic carbocycles. The first-order valence-corrected chi connectivity index (χ1v) is 6.76. The van der Waals surface area contributed by atoms with Crippen LogP contribution in [0.25, 0.3) is 11.0 Å². The van der Waals surface area contributed by atoms with Crippen LogP contribution in [0.3, 0.4) is 0 Å². The predicted molar refractivity (Wildman–Crippen MR) is 78.7 cm³/mol. The lowest BCUT2D eigenvalue weighted by atomic mass is 10.0. The Hall–Kier alpha value is -1.65. The molecule has 0 amide bonds. The number of halogens is 2. The van der Waals surface area contributed by atoms with Gasteiger partial charge in [-0.3, -0.25) is 4.79 Å². The zero-order chi connectivity index (χ0) is 13.4. The molecule has 2 aromatic heterocycles. The highest BCUT2D eigenvalue weighted by Crippen LogP contribution is 2.26. The van der Waals surface area contributed by atoms with Crippen molar-refractivity contribution in [1.29, 1.82) is 0 Å². The number of H-pyrrole nitrogens is 1. The van der Waals surface area contributed by atoms with Gasteiger partial charge in [-0.2, -0.15) is 0 Å². The van der Waals surface area contributed by atoms with Gasteiger partial charge < -0.3 is 4.98 Å². The van der Waals surface area contributed by atoms with Gasteiger partial charge in [0.2, 0.25) is 0 Å². The summed E-state index contributed by atoms with van der Waals surface area (Å²) in [6, 6.07) is 8.88. The first-order chi connectivity index (χ1) is 9.16. The zero-order valence-corrected chi connectivity index (χ0v) is 12.0. The number of nitrogens with one attached hydrogen (secondary N) is 1. The second-order valence-electron chi connectivity index (χ2n) is 4.06. The lowest BCUT2D eigenvalue weighted by Crippen LogP contribution is -2.01. The molecule has 0 atom stereocenters. The molecule has 0 spiro atoms. The second-order valence-corrected chi connectivity index (χ2v) is 5.38. The molecule has 0 saturated carbocycles. The molecule has 0 fully saturated rings. The third kappa shape index (κ3) is 2.17. The Bertz CT molecular complexity index is 782. The van der Waals surface area contributed by atoms with Crippen molar-refractivity contribution in [3.63, 3.8) is 0 Å². The molecular weight excluding hydrogens is 328 g/mol. The molecule has 0 aliphatic heterocycles. The van der Waals surface area contributed by atoms with E-state index in [2.05, 4.69) is 25.9 Å². The van der Waals surface area contributed by atoms with Crippen LogP contribution in [0.2, 0.25) is 5.02 Å². The number of pyridine rings is 1. The van der Waals surface area contributed by atoms with Crippen molar-refractivity contribution in [2.24, 2.45) is 0 Å². The maximum Gasteiger partial charge on any atom is 0.196 e. The Labute approximate surface area is 122 Å². The molecule has 2 heterocycles. The minimum Gasteiger partial charge on any atom is -0.345 e. The smallest absolute Gasteiger partial charge is 0.196 e. The van der Waals surface area contributed by atoms with E-state index >= 15 is 0 Å². The van der Waals surface area contributed by atoms with E-state index in [-0.39, 0.29) is 5.78 Å². The number of ketones is 1. The molecule has 0 saturated heterocycles. The van der Waals surface area contributed by atoms with E-state index in [9.17, 15) is 4.79 Å². The summed E-state index contributed by atoms with van der Waals surface area (Å²) in [5, 5.41) is 1.23. The maximum atomic E-state index is 12.5. The molecule has 19 heavy (non-hydrogen) atoms. The third-order valence-corrected chi connectivity index (χ3v) is 3.69. The third-order valence-electron chi connectivity index (χ3n) is 2.87. The predicted octanol–water partition coefficient (Wildman–Crippen LogP) is 4.21. The van der Waals surface area contributed by atoms with Gasteiger partial charge in [0, 0.05) is 33.4 Å². The van der Waals surface area contributed by atoms with E-state index < -0.39 is 0 Å². The number of rotatable bonds is 2. The van der Waals surface area contributed by atoms with E-state index in [1.165, 1.54) is 0 Å². The average Bonchev–Trinajstić information content (AvgIpc) is 2.84. The van der Waals surface area contributed by atoms with Gasteiger partial charge in [-0.05, 0) is 30.3 Å². The topological polar surface area (TPSA) is 45.8 Å². The second kappa shape index (κ2) is 4.79. The van der Waals surface area contributed by atoms with Crippen molar-refractivity contribution >= 4 is 44.3 Å². The van der Waals surface area contributed by atoms with Gasteiger partial charge in [0.25, 0.3) is 0 Å². The highest BCUT2D eigenvalue weighted by Gasteiger charge is 2.17. The standard InChI is InChI=1S/C14H8BrClN2O/c15-8-3-4-12(16)10(6-8)13(19)11-7-18-14-9(11)2-1-5-17-14/h1-7H,(H,17,18). The fourth-order valence-corrected chi connectivity index (χ4v) is 2.52. The van der Waals surface area contributed by atoms with Crippen molar-refractivity contribution in [3.05, 3.63) is 63.3 Å². The zero-order valence-electron chi connectivity index (χ0n) is 9.65. The van der Waals surface area contributed by atoms with Gasteiger partial charge in [0.1, 0.15) is 5.65 Å². The summed E-state index contributed by atoms with van der Waals surface area (Å²) in [5.74, 6) is -0.120. The van der Waals surface area contributed by atoms with Gasteiger partial charge in [0.15, 0.2) is 5.78 Å². The van der Waals surface area contributed by atoms with Crippen LogP contribution in [0.15, 0.2) is 47.2 Å². The number of aromatic amines is 1. The quantitative estimate of drug-likeness (QED) is 0.713. The number of carbonyl (C=O) groups is 1. The Morgan fingerprint density at radius 3 is 2.95 bits per heavy atom. The Morgan fingerprint density at radius 1 is 1.26 bits per heavy atom. The molecule has 3 aromatic rings. The summed E-state index contributed by atoms with van der Waals surface area (Å²) in [6.45, 7) is 0. The van der Waals surface area contributed by atoms with Crippen molar-refractivity contribution < 1.29 is 4.79 Å². The fraction of sp³-hybridized carbons (Fsp3) is 0. The van der Waals surface area contributed by atoms with Gasteiger partial charge in [-0.1, -0.05) is 27.5 Å². The number of fused-ring (bicyclic) bond motifs is 1. The minimum absolute atomic E-state index is 0.120. The molecule has 0 aliphatic rings. The summed E-state index contributed by atoms with van der Waals surface area (Å²) in [6.07, 6.45) is 3.34. The molecule has 94 valence electrons. The van der Waals surface area contributed by atoms with Crippen LogP contribution in [0.4, 0.5) is 0 Å². The minimum atomic E-state index is -0.120. The van der Waals surface area contributed by atoms with Gasteiger partial charge in [0.05, 0.1) is 5.02 Å². The van der Waals surface area contributed by atoms with E-state index in [1.807, 2.05) is 6.07 Å². The van der Waals surface area contributed by atoms with E-state index in [0.717, 1.165) is 9.86 Å². The van der Waals surface area contributed by atoms with Gasteiger partial charge in [-0.25, -0.2) is 4.98 Å². The van der Waals surface area contributed by atoms with Gasteiger partial charge >= 0.3 is 0 Å². The number of aromatic nitrogens is 2. The molecule has 0 radical (unpaired) electrons. The summed E-state index contributed by atoms with van der Waals surface area (Å²) in [7, 11) is 0. The summed E-state index contributed by atoms with van der Waals surface area (Å²) >= 11 is 9.44. The SMILES string of the molecule is O=C(c1cc(Br)ccc1Cl)c1c[nH]c2ncccc12. The van der Waals surface area contributed by atoms with Crippen molar-refractivity contribution in [2.45, 2.75) is 0 Å². The number of hydrogen-bond acceptors (Lipinski definition) is 2. The number of nitrogens with zero attached hydrogens (tertiary/aromatic N) is 1. The number of carbonyl (C=O) groups excluding carboxylic acids is 1. The van der Waals surface area contributed by atoms with Crippen LogP contribution >= 0.6 is 27.5 Å². The Balaban J connectivity index is 2.16. The van der Waals surface area contributed by atoms with Crippen LogP contribution < -0.4 is 0 Å². The van der Waals surface area contributed by atoms with Crippen LogP contribution in [0.1, 0.15) is 15.9 Å². The van der Waals surface area contributed by atoms with Gasteiger partial charge in [-0.15, -0.1) is 0 Å². The maximum absolute atomic E-state index is 12.5. The van der Waals surface area contributed by atoms with Crippen molar-refractivity contribution in [3.8, 4) is 0 Å². The largest absolute Gasteiger partial charge is 0.345 e. The molecule has 0 bridgehead atoms. The molecule has 0 unspecified atom stereocenters. The first-order valence-electron chi connectivity index (χ1n) is 5.58. The normalized spacial score (nSPS) is 10.8. The first kappa shape index (κ1) is 12.4. The average molecular weight is 336 g/mol. The lowest BCUT2D eigenvalue weighted by Gasteiger charge is -2.03. The molecular formula is C14H8BrClN2O. The van der Waals surface area contributed by atoms with Crippen LogP contribution in [0.5, 0.6) is 0 Å². The van der Waals surface area contributed by atoms with E-state index in [1.54, 1.807) is 36.7 Å². The number of hydrogen-bond donors (Lipinski definition) is 1.